The molecule has 16 heavy (non-hydrogen) atoms. The van der Waals surface area contributed by atoms with Crippen LogP contribution in [-0.2, 0) is 4.79 Å². The Bertz CT molecular complexity index is 132. The fourth-order valence-electron chi connectivity index (χ4n) is 1.47. The Morgan fingerprint density at radius 1 is 1.00 bits per heavy atom. The first-order valence-corrected chi connectivity index (χ1v) is 6.78. The van der Waals surface area contributed by atoms with Crippen LogP contribution in [0.15, 0.2) is 0 Å². The maximum atomic E-state index is 10.4. The second-order valence-corrected chi connectivity index (χ2v) is 3.34. The van der Waals surface area contributed by atoms with Crippen molar-refractivity contribution in [3.8, 4) is 0 Å². The van der Waals surface area contributed by atoms with Gasteiger partial charge in [-0.3, -0.25) is 9.69 Å². The molecule has 0 radical (unpaired) electrons. The minimum atomic E-state index is 0.910. The summed E-state index contributed by atoms with van der Waals surface area (Å²) in [5.41, 5.74) is 0. The average Bonchev–Trinajstić information content (AvgIpc) is 2.41. The van der Waals surface area contributed by atoms with Crippen LogP contribution < -0.4 is 0 Å². The molecule has 3 heteroatoms. The first-order valence-electron chi connectivity index (χ1n) is 6.78. The van der Waals surface area contributed by atoms with Gasteiger partial charge in [0.05, 0.1) is 0 Å². The Morgan fingerprint density at radius 3 is 1.88 bits per heavy atom. The van der Waals surface area contributed by atoms with E-state index < -0.39 is 0 Å². The Balaban J connectivity index is 0. The van der Waals surface area contributed by atoms with Gasteiger partial charge in [0.1, 0.15) is 0 Å². The summed E-state index contributed by atoms with van der Waals surface area (Å²) >= 11 is 0. The van der Waals surface area contributed by atoms with Gasteiger partial charge >= 0.3 is 0 Å². The highest BCUT2D eigenvalue weighted by atomic mass is 16.1. The third-order valence-electron chi connectivity index (χ3n) is 2.38. The highest BCUT2D eigenvalue weighted by molar-refractivity contribution is 5.47. The van der Waals surface area contributed by atoms with Crippen molar-refractivity contribution in [1.82, 2.24) is 9.80 Å². The summed E-state index contributed by atoms with van der Waals surface area (Å²) < 4.78 is 0. The van der Waals surface area contributed by atoms with Gasteiger partial charge in [0.15, 0.2) is 0 Å². The first kappa shape index (κ1) is 17.8. The van der Waals surface area contributed by atoms with Gasteiger partial charge in [-0.2, -0.15) is 0 Å². The maximum Gasteiger partial charge on any atom is 0.209 e. The predicted octanol–water partition coefficient (Wildman–Crippen LogP) is 2.61. The maximum absolute atomic E-state index is 10.4. The molecule has 0 aromatic carbocycles. The minimum absolute atomic E-state index is 0.910. The highest BCUT2D eigenvalue weighted by Gasteiger charge is 2.13. The highest BCUT2D eigenvalue weighted by Crippen LogP contribution is 2.01. The minimum Gasteiger partial charge on any atom is -0.343 e. The fraction of sp³-hybridized carbons (Fsp3) is 0.923. The number of rotatable bonds is 4. The molecule has 1 heterocycles. The van der Waals surface area contributed by atoms with E-state index >= 15 is 0 Å². The predicted molar refractivity (Wildman–Crippen MR) is 71.7 cm³/mol. The molecule has 1 aliphatic rings. The lowest BCUT2D eigenvalue weighted by Crippen LogP contribution is -2.45. The number of piperazine rings is 1. The van der Waals surface area contributed by atoms with E-state index in [2.05, 4.69) is 11.8 Å². The van der Waals surface area contributed by atoms with Crippen molar-refractivity contribution in [2.75, 3.05) is 32.7 Å². The summed E-state index contributed by atoms with van der Waals surface area (Å²) in [6.07, 6.45) is 3.49. The van der Waals surface area contributed by atoms with Crippen LogP contribution in [0.4, 0.5) is 0 Å². The Morgan fingerprint density at radius 2 is 1.50 bits per heavy atom. The van der Waals surface area contributed by atoms with Crippen LogP contribution in [0, 0.1) is 0 Å². The van der Waals surface area contributed by atoms with Crippen molar-refractivity contribution in [3.63, 3.8) is 0 Å². The average molecular weight is 230 g/mol. The third kappa shape index (κ3) is 8.72. The molecule has 3 nitrogen and oxygen atoms in total. The van der Waals surface area contributed by atoms with Crippen LogP contribution in [0.25, 0.3) is 0 Å². The molecule has 0 aliphatic carbocycles. The molecule has 1 aliphatic heterocycles. The van der Waals surface area contributed by atoms with E-state index in [1.54, 1.807) is 0 Å². The zero-order valence-corrected chi connectivity index (χ0v) is 11.8. The number of nitrogens with zero attached hydrogens (tertiary/aromatic N) is 2. The van der Waals surface area contributed by atoms with Gasteiger partial charge in [0, 0.05) is 26.2 Å². The summed E-state index contributed by atoms with van der Waals surface area (Å²) in [6.45, 7) is 15.3. The van der Waals surface area contributed by atoms with Gasteiger partial charge in [-0.25, -0.2) is 0 Å². The molecule has 0 N–H and O–H groups in total. The molecular weight excluding hydrogens is 200 g/mol. The molecule has 0 aromatic heterocycles. The van der Waals surface area contributed by atoms with E-state index in [1.807, 2.05) is 32.6 Å². The van der Waals surface area contributed by atoms with Crippen LogP contribution >= 0.6 is 0 Å². The van der Waals surface area contributed by atoms with Gasteiger partial charge < -0.3 is 4.90 Å². The lowest BCUT2D eigenvalue weighted by atomic mass is 10.3. The molecule has 0 atom stereocenters. The Labute approximate surface area is 102 Å². The number of hydrogen-bond donors (Lipinski definition) is 0. The van der Waals surface area contributed by atoms with E-state index in [0.29, 0.717) is 0 Å². The van der Waals surface area contributed by atoms with Crippen molar-refractivity contribution in [2.45, 2.75) is 47.5 Å². The SMILES string of the molecule is CC.CC.CCCCN1CCN(C=O)CC1. The largest absolute Gasteiger partial charge is 0.343 e. The summed E-state index contributed by atoms with van der Waals surface area (Å²) in [5.74, 6) is 0. The molecule has 1 fully saturated rings. The van der Waals surface area contributed by atoms with Gasteiger partial charge in [0.2, 0.25) is 6.41 Å². The van der Waals surface area contributed by atoms with Crippen LogP contribution in [-0.4, -0.2) is 48.9 Å². The third-order valence-corrected chi connectivity index (χ3v) is 2.38. The van der Waals surface area contributed by atoms with Crippen LogP contribution in [0.3, 0.4) is 0 Å². The quantitative estimate of drug-likeness (QED) is 0.693. The second kappa shape index (κ2) is 14.4. The van der Waals surface area contributed by atoms with Crippen molar-refractivity contribution in [2.24, 2.45) is 0 Å². The number of unbranched alkanes of at least 4 members (excludes halogenated alkanes) is 1. The monoisotopic (exact) mass is 230 g/mol. The second-order valence-electron chi connectivity index (χ2n) is 3.34. The molecule has 0 saturated carbocycles. The first-order chi connectivity index (χ1) is 7.86. The molecule has 0 bridgehead atoms. The lowest BCUT2D eigenvalue weighted by molar-refractivity contribution is -0.119. The van der Waals surface area contributed by atoms with E-state index in [-0.39, 0.29) is 0 Å². The molecule has 98 valence electrons. The summed E-state index contributed by atoms with van der Waals surface area (Å²) in [4.78, 5) is 14.7. The normalized spacial score (nSPS) is 15.4. The number of carbonyl (C=O) groups is 1. The van der Waals surface area contributed by atoms with Gasteiger partial charge in [-0.05, 0) is 13.0 Å². The van der Waals surface area contributed by atoms with Crippen molar-refractivity contribution in [3.05, 3.63) is 0 Å². The van der Waals surface area contributed by atoms with Crippen molar-refractivity contribution >= 4 is 6.41 Å². The summed E-state index contributed by atoms with van der Waals surface area (Å²) in [7, 11) is 0. The Kier molecular flexibility index (Phi) is 16.1. The van der Waals surface area contributed by atoms with Gasteiger partial charge in [0.25, 0.3) is 0 Å². The van der Waals surface area contributed by atoms with Crippen LogP contribution in [0.1, 0.15) is 47.5 Å². The summed E-state index contributed by atoms with van der Waals surface area (Å²) in [6, 6.07) is 0. The Hall–Kier alpha value is -0.570. The molecule has 1 amide bonds. The van der Waals surface area contributed by atoms with E-state index in [9.17, 15) is 4.79 Å². The van der Waals surface area contributed by atoms with E-state index in [1.165, 1.54) is 19.4 Å². The van der Waals surface area contributed by atoms with Crippen LogP contribution in [0.5, 0.6) is 0 Å². The van der Waals surface area contributed by atoms with Crippen molar-refractivity contribution < 1.29 is 4.79 Å². The molecule has 0 unspecified atom stereocenters. The van der Waals surface area contributed by atoms with E-state index in [0.717, 1.165) is 32.6 Å². The smallest absolute Gasteiger partial charge is 0.209 e. The number of hydrogen-bond acceptors (Lipinski definition) is 2. The lowest BCUT2D eigenvalue weighted by Gasteiger charge is -2.32. The van der Waals surface area contributed by atoms with Gasteiger partial charge in [-0.1, -0.05) is 41.0 Å². The number of amides is 1. The summed E-state index contributed by atoms with van der Waals surface area (Å²) in [5, 5.41) is 0. The zero-order chi connectivity index (χ0) is 12.8. The standard InChI is InChI=1S/C9H18N2O.2C2H6/c1-2-3-4-10-5-7-11(9-12)8-6-10;2*1-2/h9H,2-8H2,1H3;2*1-2H3. The molecule has 0 aromatic rings. The van der Waals surface area contributed by atoms with Crippen molar-refractivity contribution in [1.29, 1.82) is 0 Å². The topological polar surface area (TPSA) is 23.6 Å². The molecule has 1 saturated heterocycles. The fourth-order valence-corrected chi connectivity index (χ4v) is 1.47. The molecule has 1 rings (SSSR count). The molecular formula is C13H30N2O. The van der Waals surface area contributed by atoms with E-state index in [4.69, 9.17) is 0 Å². The number of carbonyl (C=O) groups excluding carboxylic acids is 1. The molecule has 0 spiro atoms. The van der Waals surface area contributed by atoms with Crippen LogP contribution in [0.2, 0.25) is 0 Å². The zero-order valence-electron chi connectivity index (χ0n) is 11.8. The van der Waals surface area contributed by atoms with Gasteiger partial charge in [-0.15, -0.1) is 0 Å².